The average Bonchev–Trinajstić information content (AvgIpc) is 3.21. The van der Waals surface area contributed by atoms with E-state index >= 15 is 0 Å². The highest BCUT2D eigenvalue weighted by atomic mass is 16.5. The van der Waals surface area contributed by atoms with Crippen LogP contribution < -0.4 is 9.47 Å². The normalized spacial score (nSPS) is 14.3. The van der Waals surface area contributed by atoms with E-state index in [1.807, 2.05) is 6.92 Å². The predicted octanol–water partition coefficient (Wildman–Crippen LogP) is 2.30. The van der Waals surface area contributed by atoms with Crippen molar-refractivity contribution in [2.45, 2.75) is 19.8 Å². The molecule has 1 aliphatic rings. The fourth-order valence-corrected chi connectivity index (χ4v) is 3.11. The molecule has 0 aliphatic carbocycles. The first-order valence-corrected chi connectivity index (χ1v) is 7.64. The van der Waals surface area contributed by atoms with Crippen molar-refractivity contribution in [3.05, 3.63) is 23.4 Å². The van der Waals surface area contributed by atoms with Crippen molar-refractivity contribution < 1.29 is 19.1 Å². The Kier molecular flexibility index (Phi) is 3.98. The Bertz CT molecular complexity index is 772. The Labute approximate surface area is 134 Å². The molecule has 1 N–H and O–H groups in total. The van der Waals surface area contributed by atoms with Gasteiger partial charge in [-0.1, -0.05) is 0 Å². The van der Waals surface area contributed by atoms with E-state index in [4.69, 9.17) is 9.47 Å². The Morgan fingerprint density at radius 2 is 1.83 bits per heavy atom. The number of aryl methyl sites for hydroxylation is 1. The molecule has 0 radical (unpaired) electrons. The number of nitrogens with zero attached hydrogens (tertiary/aromatic N) is 1. The maximum atomic E-state index is 12.6. The standard InChI is InChI=1S/C17H20N2O4/c1-10-14-12(8-11(22-2)9-13(14)23-3)18-15(10)16(20)17(21)19-6-4-5-7-19/h8-9,18H,4-7H2,1-3H3. The van der Waals surface area contributed by atoms with Gasteiger partial charge in [0.25, 0.3) is 11.7 Å². The first-order chi connectivity index (χ1) is 11.1. The molecule has 6 nitrogen and oxygen atoms in total. The number of methoxy groups -OCH3 is 2. The molecule has 0 unspecified atom stereocenters. The third kappa shape index (κ3) is 2.54. The van der Waals surface area contributed by atoms with Gasteiger partial charge < -0.3 is 19.4 Å². The Balaban J connectivity index is 2.06. The summed E-state index contributed by atoms with van der Waals surface area (Å²) in [7, 11) is 3.14. The summed E-state index contributed by atoms with van der Waals surface area (Å²) < 4.78 is 10.6. The molecule has 1 aromatic heterocycles. The highest BCUT2D eigenvalue weighted by Crippen LogP contribution is 2.35. The molecule has 6 heteroatoms. The first-order valence-electron chi connectivity index (χ1n) is 7.64. The van der Waals surface area contributed by atoms with Crippen LogP contribution in [0.25, 0.3) is 10.9 Å². The van der Waals surface area contributed by atoms with Crippen LogP contribution in [0.3, 0.4) is 0 Å². The van der Waals surface area contributed by atoms with Gasteiger partial charge in [0.15, 0.2) is 0 Å². The molecule has 23 heavy (non-hydrogen) atoms. The van der Waals surface area contributed by atoms with Crippen LogP contribution in [0.2, 0.25) is 0 Å². The minimum Gasteiger partial charge on any atom is -0.497 e. The molecular weight excluding hydrogens is 296 g/mol. The van der Waals surface area contributed by atoms with Crippen molar-refractivity contribution in [3.8, 4) is 11.5 Å². The summed E-state index contributed by atoms with van der Waals surface area (Å²) in [5.41, 5.74) is 1.76. The van der Waals surface area contributed by atoms with Gasteiger partial charge in [0.1, 0.15) is 11.5 Å². The zero-order chi connectivity index (χ0) is 16.6. The number of Topliss-reactive ketones (excluding diaryl/α,β-unsaturated/α-hetero) is 1. The second-order valence-electron chi connectivity index (χ2n) is 5.71. The van der Waals surface area contributed by atoms with Crippen molar-refractivity contribution in [2.75, 3.05) is 27.3 Å². The molecule has 1 saturated heterocycles. The van der Waals surface area contributed by atoms with Crippen molar-refractivity contribution in [1.82, 2.24) is 9.88 Å². The number of aromatic amines is 1. The molecule has 1 amide bonds. The molecule has 0 bridgehead atoms. The fourth-order valence-electron chi connectivity index (χ4n) is 3.11. The molecular formula is C17H20N2O4. The SMILES string of the molecule is COc1cc(OC)c2c(C)c(C(=O)C(=O)N3CCCC3)[nH]c2c1. The third-order valence-electron chi connectivity index (χ3n) is 4.36. The van der Waals surface area contributed by atoms with E-state index in [9.17, 15) is 9.59 Å². The Morgan fingerprint density at radius 1 is 1.13 bits per heavy atom. The van der Waals surface area contributed by atoms with E-state index < -0.39 is 11.7 Å². The topological polar surface area (TPSA) is 71.6 Å². The van der Waals surface area contributed by atoms with Crippen LogP contribution in [0.4, 0.5) is 0 Å². The van der Waals surface area contributed by atoms with Crippen molar-refractivity contribution in [1.29, 1.82) is 0 Å². The Morgan fingerprint density at radius 3 is 2.43 bits per heavy atom. The maximum Gasteiger partial charge on any atom is 0.296 e. The van der Waals surface area contributed by atoms with Crippen LogP contribution in [0.15, 0.2) is 12.1 Å². The lowest BCUT2D eigenvalue weighted by Gasteiger charge is -2.13. The minimum atomic E-state index is -0.499. The summed E-state index contributed by atoms with van der Waals surface area (Å²) in [6.07, 6.45) is 1.91. The fraction of sp³-hybridized carbons (Fsp3) is 0.412. The summed E-state index contributed by atoms with van der Waals surface area (Å²) in [5.74, 6) is 0.297. The number of carbonyl (C=O) groups is 2. The number of benzene rings is 1. The lowest BCUT2D eigenvalue weighted by Crippen LogP contribution is -2.34. The predicted molar refractivity (Wildman–Crippen MR) is 86.3 cm³/mol. The maximum absolute atomic E-state index is 12.6. The van der Waals surface area contributed by atoms with Crippen molar-refractivity contribution in [2.24, 2.45) is 0 Å². The zero-order valence-electron chi connectivity index (χ0n) is 13.6. The van der Waals surface area contributed by atoms with Gasteiger partial charge in [0.05, 0.1) is 25.4 Å². The number of nitrogens with one attached hydrogen (secondary N) is 1. The summed E-state index contributed by atoms with van der Waals surface area (Å²) >= 11 is 0. The number of hydrogen-bond acceptors (Lipinski definition) is 4. The highest BCUT2D eigenvalue weighted by Gasteiger charge is 2.29. The number of ketones is 1. The lowest BCUT2D eigenvalue weighted by atomic mass is 10.1. The van der Waals surface area contributed by atoms with Gasteiger partial charge in [-0.3, -0.25) is 9.59 Å². The molecule has 3 rings (SSSR count). The van der Waals surface area contributed by atoms with Crippen molar-refractivity contribution in [3.63, 3.8) is 0 Å². The number of amides is 1. The van der Waals surface area contributed by atoms with Gasteiger partial charge >= 0.3 is 0 Å². The van der Waals surface area contributed by atoms with Gasteiger partial charge in [-0.25, -0.2) is 0 Å². The monoisotopic (exact) mass is 316 g/mol. The molecule has 0 atom stereocenters. The number of hydrogen-bond donors (Lipinski definition) is 1. The van der Waals surface area contributed by atoms with Crippen LogP contribution in [-0.2, 0) is 4.79 Å². The van der Waals surface area contributed by atoms with E-state index in [0.717, 1.165) is 29.3 Å². The summed E-state index contributed by atoms with van der Waals surface area (Å²) in [6, 6.07) is 3.56. The zero-order valence-corrected chi connectivity index (χ0v) is 13.6. The molecule has 122 valence electrons. The summed E-state index contributed by atoms with van der Waals surface area (Å²) in [5, 5.41) is 0.797. The summed E-state index contributed by atoms with van der Waals surface area (Å²) in [4.78, 5) is 29.6. The number of likely N-dealkylation sites (tertiary alicyclic amines) is 1. The third-order valence-corrected chi connectivity index (χ3v) is 4.36. The van der Waals surface area contributed by atoms with E-state index in [1.165, 1.54) is 0 Å². The number of rotatable bonds is 4. The number of H-pyrrole nitrogens is 1. The first kappa shape index (κ1) is 15.4. The minimum absolute atomic E-state index is 0.323. The van der Waals surface area contributed by atoms with Gasteiger partial charge in [-0.15, -0.1) is 0 Å². The number of ether oxygens (including phenoxy) is 2. The van der Waals surface area contributed by atoms with Crippen LogP contribution in [0.1, 0.15) is 28.9 Å². The molecule has 2 aromatic rings. The number of aromatic nitrogens is 1. The van der Waals surface area contributed by atoms with Gasteiger partial charge in [0, 0.05) is 30.6 Å². The second-order valence-corrected chi connectivity index (χ2v) is 5.71. The van der Waals surface area contributed by atoms with E-state index in [0.29, 0.717) is 30.3 Å². The van der Waals surface area contributed by atoms with Gasteiger partial charge in [-0.2, -0.15) is 0 Å². The largest absolute Gasteiger partial charge is 0.497 e. The molecule has 1 aliphatic heterocycles. The van der Waals surface area contributed by atoms with E-state index in [2.05, 4.69) is 4.98 Å². The number of carbonyl (C=O) groups excluding carboxylic acids is 2. The average molecular weight is 316 g/mol. The molecule has 2 heterocycles. The molecule has 1 aromatic carbocycles. The molecule has 0 saturated carbocycles. The van der Waals surface area contributed by atoms with Crippen LogP contribution in [-0.4, -0.2) is 48.9 Å². The second kappa shape index (κ2) is 5.95. The van der Waals surface area contributed by atoms with Crippen molar-refractivity contribution >= 4 is 22.6 Å². The quantitative estimate of drug-likeness (QED) is 0.694. The van der Waals surface area contributed by atoms with Crippen LogP contribution >= 0.6 is 0 Å². The molecule has 1 fully saturated rings. The Hall–Kier alpha value is -2.50. The van der Waals surface area contributed by atoms with E-state index in [-0.39, 0.29) is 0 Å². The lowest BCUT2D eigenvalue weighted by molar-refractivity contribution is -0.125. The van der Waals surface area contributed by atoms with Gasteiger partial charge in [0.2, 0.25) is 0 Å². The van der Waals surface area contributed by atoms with Gasteiger partial charge in [-0.05, 0) is 25.3 Å². The van der Waals surface area contributed by atoms with Crippen LogP contribution in [0.5, 0.6) is 11.5 Å². The highest BCUT2D eigenvalue weighted by molar-refractivity contribution is 6.43. The summed E-state index contributed by atoms with van der Waals surface area (Å²) in [6.45, 7) is 3.13. The van der Waals surface area contributed by atoms with Crippen LogP contribution in [0, 0.1) is 6.92 Å². The smallest absolute Gasteiger partial charge is 0.296 e. The number of fused-ring (bicyclic) bond motifs is 1. The van der Waals surface area contributed by atoms with E-state index in [1.54, 1.807) is 31.3 Å². The molecule has 0 spiro atoms.